The summed E-state index contributed by atoms with van der Waals surface area (Å²) in [5.74, 6) is 1.20. The summed E-state index contributed by atoms with van der Waals surface area (Å²) in [6.45, 7) is 2.38. The van der Waals surface area contributed by atoms with Gasteiger partial charge in [0.1, 0.15) is 16.2 Å². The molecule has 1 amide bonds. The average Bonchev–Trinajstić information content (AvgIpc) is 3.40. The number of nitrogens with zero attached hydrogens (tertiary/aromatic N) is 4. The number of hydrogen-bond acceptors (Lipinski definition) is 7. The predicted molar refractivity (Wildman–Crippen MR) is 119 cm³/mol. The van der Waals surface area contributed by atoms with Crippen molar-refractivity contribution >= 4 is 23.2 Å². The third kappa shape index (κ3) is 4.56. The Balaban J connectivity index is 1.49. The number of carbonyl (C=O) groups excluding carboxylic acids is 1. The molecule has 0 saturated carbocycles. The van der Waals surface area contributed by atoms with Crippen LogP contribution in [0.1, 0.15) is 20.9 Å². The van der Waals surface area contributed by atoms with Crippen molar-refractivity contribution in [2.24, 2.45) is 0 Å². The van der Waals surface area contributed by atoms with E-state index >= 15 is 0 Å². The van der Waals surface area contributed by atoms with Gasteiger partial charge in [0.15, 0.2) is 11.5 Å². The maximum Gasteiger partial charge on any atom is 0.270 e. The molecular weight excluding hydrogens is 414 g/mol. The molecule has 31 heavy (non-hydrogen) atoms. The summed E-state index contributed by atoms with van der Waals surface area (Å²) in [5, 5.41) is 7.80. The van der Waals surface area contributed by atoms with Crippen LogP contribution in [0.3, 0.4) is 0 Å². The van der Waals surface area contributed by atoms with Crippen LogP contribution in [0.4, 0.5) is 5.95 Å². The van der Waals surface area contributed by atoms with Crippen LogP contribution in [0.5, 0.6) is 11.5 Å². The Kier molecular flexibility index (Phi) is 5.94. The first-order chi connectivity index (χ1) is 15.1. The number of hydrogen-bond donors (Lipinski definition) is 1. The molecule has 1 N–H and O–H groups in total. The number of rotatable bonds is 7. The monoisotopic (exact) mass is 435 g/mol. The van der Waals surface area contributed by atoms with Gasteiger partial charge in [0, 0.05) is 5.56 Å². The summed E-state index contributed by atoms with van der Waals surface area (Å²) < 4.78 is 12.3. The van der Waals surface area contributed by atoms with Gasteiger partial charge >= 0.3 is 0 Å². The SMILES string of the molecule is COc1ccc(-c2nc(C)c(C(=O)Nc3ncn(Cc4ccccc4)n3)s2)cc1OC. The number of carbonyl (C=O) groups is 1. The van der Waals surface area contributed by atoms with Gasteiger partial charge in [-0.15, -0.1) is 16.4 Å². The summed E-state index contributed by atoms with van der Waals surface area (Å²) in [7, 11) is 3.17. The van der Waals surface area contributed by atoms with E-state index in [-0.39, 0.29) is 11.9 Å². The van der Waals surface area contributed by atoms with Crippen LogP contribution in [0.25, 0.3) is 10.6 Å². The quantitative estimate of drug-likeness (QED) is 0.471. The summed E-state index contributed by atoms with van der Waals surface area (Å²) in [4.78, 5) is 22.0. The highest BCUT2D eigenvalue weighted by atomic mass is 32.1. The molecule has 0 saturated heterocycles. The minimum absolute atomic E-state index is 0.251. The van der Waals surface area contributed by atoms with E-state index in [4.69, 9.17) is 9.47 Å². The first-order valence-electron chi connectivity index (χ1n) is 9.52. The Bertz CT molecular complexity index is 1200. The molecule has 2 aromatic carbocycles. The van der Waals surface area contributed by atoms with Gasteiger partial charge in [0.25, 0.3) is 5.91 Å². The zero-order valence-electron chi connectivity index (χ0n) is 17.3. The van der Waals surface area contributed by atoms with E-state index in [9.17, 15) is 4.79 Å². The van der Waals surface area contributed by atoms with E-state index in [0.29, 0.717) is 33.6 Å². The number of benzene rings is 2. The minimum atomic E-state index is -0.292. The molecule has 0 spiro atoms. The summed E-state index contributed by atoms with van der Waals surface area (Å²) >= 11 is 1.30. The third-order valence-electron chi connectivity index (χ3n) is 4.58. The molecule has 0 radical (unpaired) electrons. The number of amides is 1. The van der Waals surface area contributed by atoms with Gasteiger partial charge in [0.2, 0.25) is 5.95 Å². The van der Waals surface area contributed by atoms with E-state index in [1.807, 2.05) is 48.5 Å². The first kappa shape index (κ1) is 20.5. The second-order valence-electron chi connectivity index (χ2n) is 6.71. The van der Waals surface area contributed by atoms with Crippen LogP contribution in [0, 0.1) is 6.92 Å². The molecule has 158 valence electrons. The topological polar surface area (TPSA) is 91.2 Å². The van der Waals surface area contributed by atoms with Gasteiger partial charge in [-0.2, -0.15) is 0 Å². The van der Waals surface area contributed by atoms with E-state index in [0.717, 1.165) is 11.1 Å². The number of anilines is 1. The highest BCUT2D eigenvalue weighted by molar-refractivity contribution is 7.17. The lowest BCUT2D eigenvalue weighted by Gasteiger charge is -2.08. The average molecular weight is 436 g/mol. The number of nitrogens with one attached hydrogen (secondary N) is 1. The van der Waals surface area contributed by atoms with Gasteiger partial charge in [-0.25, -0.2) is 14.6 Å². The molecule has 8 nitrogen and oxygen atoms in total. The minimum Gasteiger partial charge on any atom is -0.493 e. The molecule has 0 fully saturated rings. The van der Waals surface area contributed by atoms with Gasteiger partial charge in [0.05, 0.1) is 26.5 Å². The zero-order valence-corrected chi connectivity index (χ0v) is 18.1. The van der Waals surface area contributed by atoms with Crippen molar-refractivity contribution in [1.29, 1.82) is 0 Å². The fourth-order valence-corrected chi connectivity index (χ4v) is 4.01. The number of thiazole rings is 1. The van der Waals surface area contributed by atoms with Crippen LogP contribution in [-0.2, 0) is 6.54 Å². The van der Waals surface area contributed by atoms with Gasteiger partial charge in [-0.05, 0) is 30.7 Å². The van der Waals surface area contributed by atoms with Gasteiger partial charge in [-0.3, -0.25) is 10.1 Å². The molecule has 9 heteroatoms. The fourth-order valence-electron chi connectivity index (χ4n) is 3.06. The molecule has 2 heterocycles. The molecule has 2 aromatic heterocycles. The number of ether oxygens (including phenoxy) is 2. The van der Waals surface area contributed by atoms with Crippen molar-refractivity contribution in [2.45, 2.75) is 13.5 Å². The normalized spacial score (nSPS) is 10.7. The maximum atomic E-state index is 12.8. The Morgan fingerprint density at radius 3 is 2.61 bits per heavy atom. The van der Waals surface area contributed by atoms with Crippen molar-refractivity contribution in [3.63, 3.8) is 0 Å². The summed E-state index contributed by atoms with van der Waals surface area (Å²) in [6, 6.07) is 15.5. The van der Waals surface area contributed by atoms with Gasteiger partial charge in [-0.1, -0.05) is 30.3 Å². The number of methoxy groups -OCH3 is 2. The Morgan fingerprint density at radius 1 is 1.10 bits per heavy atom. The zero-order chi connectivity index (χ0) is 21.8. The molecule has 4 aromatic rings. The molecule has 0 aliphatic rings. The van der Waals surface area contributed by atoms with Crippen molar-refractivity contribution in [3.05, 3.63) is 71.0 Å². The lowest BCUT2D eigenvalue weighted by Crippen LogP contribution is -2.13. The maximum absolute atomic E-state index is 12.8. The first-order valence-corrected chi connectivity index (χ1v) is 10.3. The summed E-state index contributed by atoms with van der Waals surface area (Å²) in [6.07, 6.45) is 1.59. The van der Waals surface area contributed by atoms with Gasteiger partial charge < -0.3 is 9.47 Å². The Labute approximate surface area is 183 Å². The second-order valence-corrected chi connectivity index (χ2v) is 7.71. The molecule has 0 bridgehead atoms. The van der Waals surface area contributed by atoms with E-state index in [1.165, 1.54) is 11.3 Å². The van der Waals surface area contributed by atoms with E-state index in [1.54, 1.807) is 32.2 Å². The molecular formula is C22H21N5O3S. The molecule has 0 aliphatic heterocycles. The molecule has 4 rings (SSSR count). The summed E-state index contributed by atoms with van der Waals surface area (Å²) in [5.41, 5.74) is 2.58. The Hall–Kier alpha value is -3.72. The second kappa shape index (κ2) is 8.97. The van der Waals surface area contributed by atoms with Crippen molar-refractivity contribution < 1.29 is 14.3 Å². The third-order valence-corrected chi connectivity index (χ3v) is 5.79. The van der Waals surface area contributed by atoms with Crippen LogP contribution in [-0.4, -0.2) is 39.9 Å². The van der Waals surface area contributed by atoms with Crippen LogP contribution in [0.15, 0.2) is 54.9 Å². The fraction of sp³-hybridized carbons (Fsp3) is 0.182. The van der Waals surface area contributed by atoms with E-state index < -0.39 is 0 Å². The largest absolute Gasteiger partial charge is 0.493 e. The highest BCUT2D eigenvalue weighted by Gasteiger charge is 2.19. The van der Waals surface area contributed by atoms with Crippen molar-refractivity contribution in [1.82, 2.24) is 19.7 Å². The van der Waals surface area contributed by atoms with Crippen molar-refractivity contribution in [2.75, 3.05) is 19.5 Å². The van der Waals surface area contributed by atoms with Crippen molar-refractivity contribution in [3.8, 4) is 22.1 Å². The van der Waals surface area contributed by atoms with Crippen LogP contribution >= 0.6 is 11.3 Å². The molecule has 0 aliphatic carbocycles. The van der Waals surface area contributed by atoms with Crippen LogP contribution < -0.4 is 14.8 Å². The predicted octanol–water partition coefficient (Wildman–Crippen LogP) is 4.03. The van der Waals surface area contributed by atoms with Crippen LogP contribution in [0.2, 0.25) is 0 Å². The number of aromatic nitrogens is 4. The van der Waals surface area contributed by atoms with E-state index in [2.05, 4.69) is 20.4 Å². The smallest absolute Gasteiger partial charge is 0.270 e. The molecule has 0 unspecified atom stereocenters. The lowest BCUT2D eigenvalue weighted by atomic mass is 10.2. The number of aryl methyl sites for hydroxylation is 1. The molecule has 0 atom stereocenters. The standard InChI is InChI=1S/C22H21N5O3S/c1-14-19(31-21(24-14)16-9-10-17(29-2)18(11-16)30-3)20(28)25-22-23-13-27(26-22)12-15-7-5-4-6-8-15/h4-11,13H,12H2,1-3H3,(H,25,26,28). The highest BCUT2D eigenvalue weighted by Crippen LogP contribution is 2.35. The Morgan fingerprint density at radius 2 is 1.87 bits per heavy atom. The lowest BCUT2D eigenvalue weighted by molar-refractivity contribution is 0.102.